The van der Waals surface area contributed by atoms with E-state index < -0.39 is 24.0 Å². The SMILES string of the molecule is CCOC(=O)/C=C(\NCc1ccccc1)C(F)(F)C(F)F. The van der Waals surface area contributed by atoms with Crippen LogP contribution in [0.2, 0.25) is 0 Å². The Kier molecular flexibility index (Phi) is 6.20. The Hall–Kier alpha value is -2.05. The second-order valence-corrected chi connectivity index (χ2v) is 4.07. The molecule has 0 spiro atoms. The van der Waals surface area contributed by atoms with Gasteiger partial charge in [-0.05, 0) is 12.5 Å². The normalized spacial score (nSPS) is 12.4. The van der Waals surface area contributed by atoms with Gasteiger partial charge in [0.15, 0.2) is 0 Å². The molecule has 0 amide bonds. The van der Waals surface area contributed by atoms with Gasteiger partial charge in [-0.25, -0.2) is 13.6 Å². The van der Waals surface area contributed by atoms with E-state index >= 15 is 0 Å². The fourth-order valence-corrected chi connectivity index (χ4v) is 1.48. The van der Waals surface area contributed by atoms with Gasteiger partial charge in [0.2, 0.25) is 0 Å². The maximum atomic E-state index is 13.4. The topological polar surface area (TPSA) is 38.3 Å². The van der Waals surface area contributed by atoms with Crippen molar-refractivity contribution in [1.82, 2.24) is 5.32 Å². The summed E-state index contributed by atoms with van der Waals surface area (Å²) in [5.74, 6) is -5.56. The monoisotopic (exact) mass is 305 g/mol. The molecular weight excluding hydrogens is 290 g/mol. The van der Waals surface area contributed by atoms with Crippen LogP contribution in [0.5, 0.6) is 0 Å². The Morgan fingerprint density at radius 1 is 1.33 bits per heavy atom. The Morgan fingerprint density at radius 3 is 2.48 bits per heavy atom. The highest BCUT2D eigenvalue weighted by Crippen LogP contribution is 2.29. The zero-order valence-corrected chi connectivity index (χ0v) is 11.3. The van der Waals surface area contributed by atoms with E-state index in [4.69, 9.17) is 0 Å². The van der Waals surface area contributed by atoms with Crippen LogP contribution in [0.1, 0.15) is 12.5 Å². The summed E-state index contributed by atoms with van der Waals surface area (Å²) in [6.07, 6.45) is -3.57. The fourth-order valence-electron chi connectivity index (χ4n) is 1.48. The third kappa shape index (κ3) is 5.09. The van der Waals surface area contributed by atoms with Gasteiger partial charge in [-0.3, -0.25) is 0 Å². The van der Waals surface area contributed by atoms with E-state index in [0.717, 1.165) is 0 Å². The van der Waals surface area contributed by atoms with E-state index in [-0.39, 0.29) is 13.2 Å². The van der Waals surface area contributed by atoms with E-state index in [1.165, 1.54) is 6.92 Å². The van der Waals surface area contributed by atoms with Gasteiger partial charge < -0.3 is 10.1 Å². The first-order valence-electron chi connectivity index (χ1n) is 6.20. The second-order valence-electron chi connectivity index (χ2n) is 4.07. The number of esters is 1. The number of benzene rings is 1. The van der Waals surface area contributed by atoms with Gasteiger partial charge in [0.25, 0.3) is 0 Å². The van der Waals surface area contributed by atoms with Crippen LogP contribution in [0.4, 0.5) is 17.6 Å². The van der Waals surface area contributed by atoms with Crippen molar-refractivity contribution in [2.24, 2.45) is 0 Å². The summed E-state index contributed by atoms with van der Waals surface area (Å²) in [7, 11) is 0. The Morgan fingerprint density at radius 2 is 1.95 bits per heavy atom. The number of ether oxygens (including phenoxy) is 1. The lowest BCUT2D eigenvalue weighted by Crippen LogP contribution is -2.37. The zero-order chi connectivity index (χ0) is 15.9. The van der Waals surface area contributed by atoms with Crippen molar-refractivity contribution in [1.29, 1.82) is 0 Å². The van der Waals surface area contributed by atoms with Gasteiger partial charge in [0, 0.05) is 12.6 Å². The molecule has 116 valence electrons. The van der Waals surface area contributed by atoms with Crippen molar-refractivity contribution >= 4 is 5.97 Å². The molecule has 0 aliphatic carbocycles. The summed E-state index contributed by atoms with van der Waals surface area (Å²) in [5, 5.41) is 2.18. The van der Waals surface area contributed by atoms with E-state index in [0.29, 0.717) is 11.6 Å². The number of rotatable bonds is 7. The first-order valence-corrected chi connectivity index (χ1v) is 6.20. The number of nitrogens with one attached hydrogen (secondary N) is 1. The highest BCUT2D eigenvalue weighted by molar-refractivity contribution is 5.83. The summed E-state index contributed by atoms with van der Waals surface area (Å²) in [5.41, 5.74) is -0.558. The molecule has 1 rings (SSSR count). The molecule has 0 saturated carbocycles. The number of allylic oxidation sites excluding steroid dienone is 1. The molecule has 0 bridgehead atoms. The molecule has 0 radical (unpaired) electrons. The molecular formula is C14H15F4NO2. The number of carbonyl (C=O) groups is 1. The lowest BCUT2D eigenvalue weighted by molar-refractivity contribution is -0.138. The highest BCUT2D eigenvalue weighted by atomic mass is 19.3. The minimum atomic E-state index is -4.46. The molecule has 0 fully saturated rings. The van der Waals surface area contributed by atoms with Crippen molar-refractivity contribution in [3.8, 4) is 0 Å². The quantitative estimate of drug-likeness (QED) is 0.478. The van der Waals surface area contributed by atoms with Crippen molar-refractivity contribution < 1.29 is 27.1 Å². The van der Waals surface area contributed by atoms with Crippen LogP contribution in [-0.2, 0) is 16.1 Å². The molecule has 0 aromatic heterocycles. The summed E-state index contributed by atoms with van der Waals surface area (Å²) in [6.45, 7) is 1.32. The number of carbonyl (C=O) groups excluding carboxylic acids is 1. The van der Waals surface area contributed by atoms with Gasteiger partial charge in [0.1, 0.15) is 0 Å². The highest BCUT2D eigenvalue weighted by Gasteiger charge is 2.45. The van der Waals surface area contributed by atoms with Crippen LogP contribution in [0.25, 0.3) is 0 Å². The lowest BCUT2D eigenvalue weighted by atomic mass is 10.2. The first kappa shape index (κ1) is 17.0. The van der Waals surface area contributed by atoms with Crippen molar-refractivity contribution in [2.75, 3.05) is 6.61 Å². The first-order chi connectivity index (χ1) is 9.87. The standard InChI is InChI=1S/C14H15F4NO2/c1-2-21-12(20)8-11(14(17,18)13(15)16)19-9-10-6-4-3-5-7-10/h3-8,13,19H,2,9H2,1H3/b11-8-. The Labute approximate surface area is 119 Å². The smallest absolute Gasteiger partial charge is 0.346 e. The molecule has 21 heavy (non-hydrogen) atoms. The second kappa shape index (κ2) is 7.66. The number of halogens is 4. The van der Waals surface area contributed by atoms with E-state index in [9.17, 15) is 22.4 Å². The Balaban J connectivity index is 2.89. The molecule has 1 aromatic rings. The maximum Gasteiger partial charge on any atom is 0.346 e. The lowest BCUT2D eigenvalue weighted by Gasteiger charge is -2.20. The van der Waals surface area contributed by atoms with Gasteiger partial charge in [-0.15, -0.1) is 0 Å². The summed E-state index contributed by atoms with van der Waals surface area (Å²) in [6, 6.07) is 8.35. The summed E-state index contributed by atoms with van der Waals surface area (Å²) in [4.78, 5) is 11.2. The minimum Gasteiger partial charge on any atom is -0.463 e. The largest absolute Gasteiger partial charge is 0.463 e. The predicted molar refractivity (Wildman–Crippen MR) is 68.9 cm³/mol. The van der Waals surface area contributed by atoms with Gasteiger partial charge in [0.05, 0.1) is 12.3 Å². The van der Waals surface area contributed by atoms with Crippen LogP contribution in [0.15, 0.2) is 42.1 Å². The average Bonchev–Trinajstić information content (AvgIpc) is 2.44. The third-order valence-corrected chi connectivity index (χ3v) is 2.51. The predicted octanol–water partition coefficient (Wildman–Crippen LogP) is 3.12. The Bertz CT molecular complexity index is 489. The molecule has 0 aliphatic rings. The van der Waals surface area contributed by atoms with Crippen molar-refractivity contribution in [3.63, 3.8) is 0 Å². The summed E-state index contributed by atoms with van der Waals surface area (Å²) >= 11 is 0. The van der Waals surface area contributed by atoms with E-state index in [2.05, 4.69) is 10.1 Å². The number of hydrogen-bond acceptors (Lipinski definition) is 3. The molecule has 1 N–H and O–H groups in total. The van der Waals surface area contributed by atoms with Gasteiger partial charge >= 0.3 is 18.3 Å². The van der Waals surface area contributed by atoms with Crippen molar-refractivity contribution in [3.05, 3.63) is 47.7 Å². The molecule has 0 aliphatic heterocycles. The van der Waals surface area contributed by atoms with Gasteiger partial charge in [-0.2, -0.15) is 8.78 Å². The number of alkyl halides is 4. The maximum absolute atomic E-state index is 13.4. The molecule has 3 nitrogen and oxygen atoms in total. The van der Waals surface area contributed by atoms with Crippen molar-refractivity contribution in [2.45, 2.75) is 25.8 Å². The third-order valence-electron chi connectivity index (χ3n) is 2.51. The molecule has 0 saturated heterocycles. The van der Waals surface area contributed by atoms with E-state index in [1.54, 1.807) is 30.3 Å². The van der Waals surface area contributed by atoms with Crippen LogP contribution in [0, 0.1) is 0 Å². The number of hydrogen-bond donors (Lipinski definition) is 1. The zero-order valence-electron chi connectivity index (χ0n) is 11.3. The average molecular weight is 305 g/mol. The van der Waals surface area contributed by atoms with Crippen LogP contribution >= 0.6 is 0 Å². The van der Waals surface area contributed by atoms with Crippen LogP contribution < -0.4 is 5.32 Å². The van der Waals surface area contributed by atoms with E-state index in [1.807, 2.05) is 0 Å². The van der Waals surface area contributed by atoms with Crippen LogP contribution in [-0.4, -0.2) is 24.9 Å². The fraction of sp³-hybridized carbons (Fsp3) is 0.357. The molecule has 7 heteroatoms. The van der Waals surface area contributed by atoms with Gasteiger partial charge in [-0.1, -0.05) is 30.3 Å². The minimum absolute atomic E-state index is 0.0401. The summed E-state index contributed by atoms with van der Waals surface area (Å²) < 4.78 is 56.2. The molecule has 1 aromatic carbocycles. The molecule has 0 heterocycles. The molecule has 0 atom stereocenters. The molecule has 0 unspecified atom stereocenters. The van der Waals surface area contributed by atoms with Crippen LogP contribution in [0.3, 0.4) is 0 Å².